The number of ether oxygens (including phenoxy) is 4. The third kappa shape index (κ3) is 60.7. The van der Waals surface area contributed by atoms with E-state index in [1.165, 1.54) is 116 Å². The molecule has 0 aromatic rings. The van der Waals surface area contributed by atoms with E-state index >= 15 is 0 Å². The highest BCUT2D eigenvalue weighted by Gasteiger charge is 2.30. The highest BCUT2D eigenvalue weighted by Crippen LogP contribution is 2.45. The van der Waals surface area contributed by atoms with Crippen LogP contribution in [0.3, 0.4) is 0 Å². The molecule has 85 heavy (non-hydrogen) atoms. The van der Waals surface area contributed by atoms with Crippen LogP contribution in [0.2, 0.25) is 0 Å². The van der Waals surface area contributed by atoms with Crippen molar-refractivity contribution in [2.75, 3.05) is 39.6 Å². The number of unbranched alkanes of at least 4 members (excludes halogenated alkanes) is 29. The molecule has 0 radical (unpaired) electrons. The second-order valence-corrected chi connectivity index (χ2v) is 28.7. The maximum atomic E-state index is 13.0. The summed E-state index contributed by atoms with van der Waals surface area (Å²) in [6.07, 6.45) is 36.5. The van der Waals surface area contributed by atoms with Gasteiger partial charge in [-0.15, -0.1) is 0 Å². The van der Waals surface area contributed by atoms with Crippen LogP contribution in [0, 0.1) is 23.7 Å². The van der Waals surface area contributed by atoms with Gasteiger partial charge in [-0.2, -0.15) is 0 Å². The molecule has 0 saturated heterocycles. The molecule has 5 atom stereocenters. The molecule has 0 heterocycles. The second-order valence-electron chi connectivity index (χ2n) is 25.8. The van der Waals surface area contributed by atoms with E-state index in [9.17, 15) is 43.2 Å². The predicted octanol–water partition coefficient (Wildman–Crippen LogP) is 18.1. The van der Waals surface area contributed by atoms with Crippen molar-refractivity contribution in [1.29, 1.82) is 0 Å². The molecule has 3 N–H and O–H groups in total. The molecule has 0 aliphatic rings. The second kappa shape index (κ2) is 56.1. The van der Waals surface area contributed by atoms with Crippen LogP contribution >= 0.6 is 15.6 Å². The van der Waals surface area contributed by atoms with Gasteiger partial charge in [-0.05, 0) is 49.4 Å². The fourth-order valence-electron chi connectivity index (χ4n) is 9.78. The minimum Gasteiger partial charge on any atom is -0.462 e. The molecule has 0 aromatic heterocycles. The Kier molecular flexibility index (Phi) is 54.8. The lowest BCUT2D eigenvalue weighted by molar-refractivity contribution is -0.161. The van der Waals surface area contributed by atoms with E-state index in [4.69, 9.17) is 37.0 Å². The van der Waals surface area contributed by atoms with Crippen LogP contribution in [-0.2, 0) is 65.4 Å². The summed E-state index contributed by atoms with van der Waals surface area (Å²) in [5.41, 5.74) is 0. The predicted molar refractivity (Wildman–Crippen MR) is 340 cm³/mol. The number of aliphatic hydroxyl groups excluding tert-OH is 1. The average molecular weight is 1260 g/mol. The lowest BCUT2D eigenvalue weighted by Gasteiger charge is -2.21. The van der Waals surface area contributed by atoms with Crippen LogP contribution in [0.15, 0.2) is 0 Å². The Morgan fingerprint density at radius 2 is 0.494 bits per heavy atom. The number of phosphoric acid groups is 2. The molecule has 0 fully saturated rings. The summed E-state index contributed by atoms with van der Waals surface area (Å²) >= 11 is 0. The van der Waals surface area contributed by atoms with Crippen molar-refractivity contribution in [2.45, 2.75) is 337 Å². The van der Waals surface area contributed by atoms with Crippen LogP contribution in [0.1, 0.15) is 319 Å². The zero-order valence-corrected chi connectivity index (χ0v) is 57.0. The molecule has 0 amide bonds. The van der Waals surface area contributed by atoms with Crippen LogP contribution in [0.5, 0.6) is 0 Å². The summed E-state index contributed by atoms with van der Waals surface area (Å²) in [4.78, 5) is 72.3. The minimum absolute atomic E-state index is 0.101. The highest BCUT2D eigenvalue weighted by atomic mass is 31.2. The zero-order valence-electron chi connectivity index (χ0n) is 55.2. The number of phosphoric ester groups is 2. The molecule has 0 saturated carbocycles. The van der Waals surface area contributed by atoms with Gasteiger partial charge in [0.2, 0.25) is 0 Å². The summed E-state index contributed by atoms with van der Waals surface area (Å²) in [6, 6.07) is 0. The van der Waals surface area contributed by atoms with Crippen molar-refractivity contribution in [3.05, 3.63) is 0 Å². The van der Waals surface area contributed by atoms with Crippen LogP contribution in [0.25, 0.3) is 0 Å². The first-order valence-electron chi connectivity index (χ1n) is 34.2. The third-order valence-electron chi connectivity index (χ3n) is 15.1. The van der Waals surface area contributed by atoms with Crippen molar-refractivity contribution >= 4 is 39.5 Å². The topological polar surface area (TPSA) is 237 Å². The Hall–Kier alpha value is -1.94. The van der Waals surface area contributed by atoms with E-state index in [0.717, 1.165) is 108 Å². The Morgan fingerprint density at radius 3 is 0.729 bits per heavy atom. The smallest absolute Gasteiger partial charge is 0.462 e. The Balaban J connectivity index is 5.21. The largest absolute Gasteiger partial charge is 0.472 e. The van der Waals surface area contributed by atoms with E-state index in [0.29, 0.717) is 37.5 Å². The van der Waals surface area contributed by atoms with Crippen LogP contribution < -0.4 is 0 Å². The van der Waals surface area contributed by atoms with Gasteiger partial charge >= 0.3 is 39.5 Å². The average Bonchev–Trinajstić information content (AvgIpc) is 3.60. The SMILES string of the molecule is CC(C)CCCCCCCCCCCCCCC(=O)OC[C@H](COP(=O)(O)OCC(O)COP(=O)(O)OC[C@@H](COC(=O)CCCCCCCCCC(C)C)OC(=O)CCCCCCCCCCC(C)C)OC(=O)CCCCCCCCC(C)C. The Labute approximate surface area is 517 Å². The van der Waals surface area contributed by atoms with Gasteiger partial charge in [0.05, 0.1) is 26.4 Å². The van der Waals surface area contributed by atoms with E-state index in [1.807, 2.05) is 0 Å². The van der Waals surface area contributed by atoms with Crippen LogP contribution in [0.4, 0.5) is 0 Å². The maximum Gasteiger partial charge on any atom is 0.472 e. The first-order valence-corrected chi connectivity index (χ1v) is 37.2. The number of carbonyl (C=O) groups excluding carboxylic acids is 4. The molecule has 0 rings (SSSR count). The molecule has 0 spiro atoms. The molecule has 0 bridgehead atoms. The molecule has 504 valence electrons. The van der Waals surface area contributed by atoms with Gasteiger partial charge < -0.3 is 33.8 Å². The lowest BCUT2D eigenvalue weighted by Crippen LogP contribution is -2.30. The molecule has 0 aliphatic heterocycles. The molecule has 0 aliphatic carbocycles. The molecule has 17 nitrogen and oxygen atoms in total. The lowest BCUT2D eigenvalue weighted by atomic mass is 10.0. The fourth-order valence-corrected chi connectivity index (χ4v) is 11.4. The Bertz CT molecular complexity index is 1700. The summed E-state index contributed by atoms with van der Waals surface area (Å²) in [7, 11) is -9.89. The van der Waals surface area contributed by atoms with E-state index in [2.05, 4.69) is 55.4 Å². The van der Waals surface area contributed by atoms with Crippen molar-refractivity contribution in [3.63, 3.8) is 0 Å². The first kappa shape index (κ1) is 83.1. The number of hydrogen-bond acceptors (Lipinski definition) is 15. The molecular formula is C66H128O17P2. The molecule has 19 heteroatoms. The van der Waals surface area contributed by atoms with Crippen LogP contribution in [-0.4, -0.2) is 96.7 Å². The minimum atomic E-state index is -4.95. The van der Waals surface area contributed by atoms with Crippen molar-refractivity contribution in [1.82, 2.24) is 0 Å². The van der Waals surface area contributed by atoms with E-state index in [1.54, 1.807) is 0 Å². The van der Waals surface area contributed by atoms with Gasteiger partial charge in [-0.25, -0.2) is 9.13 Å². The van der Waals surface area contributed by atoms with Gasteiger partial charge in [-0.3, -0.25) is 37.3 Å². The molecular weight excluding hydrogens is 1130 g/mol. The fraction of sp³-hybridized carbons (Fsp3) is 0.939. The number of hydrogen-bond donors (Lipinski definition) is 3. The normalized spacial score (nSPS) is 14.4. The standard InChI is InChI=1S/C66H128O17P2/c1-56(2)42-34-26-18-13-11-9-10-12-14-21-30-38-46-63(68)76-53-62(83-66(71)49-41-33-25-24-29-37-45-59(7)8)55-81-85(74,75)79-51-60(67)50-78-84(72,73)80-54-61(52-77-64(69)47-39-31-23-17-20-28-36-44-58(5)6)82-65(70)48-40-32-22-16-15-19-27-35-43-57(3)4/h56-62,67H,9-55H2,1-8H3,(H,72,73)(H,74,75)/t60?,61-,62-/m1/s1. The van der Waals surface area contributed by atoms with Crippen molar-refractivity contribution < 1.29 is 80.2 Å². The quantitative estimate of drug-likeness (QED) is 0.0222. The zero-order chi connectivity index (χ0) is 63.2. The van der Waals surface area contributed by atoms with Gasteiger partial charge in [0.1, 0.15) is 19.3 Å². The van der Waals surface area contributed by atoms with Crippen molar-refractivity contribution in [3.8, 4) is 0 Å². The first-order chi connectivity index (χ1) is 40.6. The van der Waals surface area contributed by atoms with Gasteiger partial charge in [0.25, 0.3) is 0 Å². The summed E-state index contributed by atoms with van der Waals surface area (Å²) in [5, 5.41) is 10.5. The number of carbonyl (C=O) groups is 4. The van der Waals surface area contributed by atoms with Gasteiger partial charge in [0, 0.05) is 25.7 Å². The maximum absolute atomic E-state index is 13.0. The van der Waals surface area contributed by atoms with Gasteiger partial charge in [-0.1, -0.05) is 267 Å². The number of rotatable bonds is 63. The summed E-state index contributed by atoms with van der Waals surface area (Å²) in [6.45, 7) is 13.9. The monoisotopic (exact) mass is 1250 g/mol. The number of aliphatic hydroxyl groups is 1. The summed E-state index contributed by atoms with van der Waals surface area (Å²) < 4.78 is 68.0. The van der Waals surface area contributed by atoms with Gasteiger partial charge in [0.15, 0.2) is 12.2 Å². The molecule has 3 unspecified atom stereocenters. The molecule has 0 aromatic carbocycles. The highest BCUT2D eigenvalue weighted by molar-refractivity contribution is 7.47. The summed E-state index contributed by atoms with van der Waals surface area (Å²) in [5.74, 6) is 0.733. The van der Waals surface area contributed by atoms with E-state index in [-0.39, 0.29) is 25.7 Å². The number of esters is 4. The van der Waals surface area contributed by atoms with Crippen molar-refractivity contribution in [2.24, 2.45) is 23.7 Å². The Morgan fingerprint density at radius 1 is 0.294 bits per heavy atom. The third-order valence-corrected chi connectivity index (χ3v) is 17.0. The van der Waals surface area contributed by atoms with E-state index < -0.39 is 97.5 Å².